The van der Waals surface area contributed by atoms with Crippen LogP contribution in [0.3, 0.4) is 0 Å². The van der Waals surface area contributed by atoms with Gasteiger partial charge in [-0.25, -0.2) is 0 Å². The highest BCUT2D eigenvalue weighted by molar-refractivity contribution is 5.90. The number of aromatic nitrogens is 1. The van der Waals surface area contributed by atoms with Crippen LogP contribution < -0.4 is 5.32 Å². The molecule has 0 spiro atoms. The number of pyridine rings is 1. The van der Waals surface area contributed by atoms with E-state index in [0.717, 1.165) is 42.4 Å². The van der Waals surface area contributed by atoms with Gasteiger partial charge in [0.15, 0.2) is 5.78 Å². The molecule has 3 nitrogen and oxygen atoms in total. The van der Waals surface area contributed by atoms with Gasteiger partial charge in [-0.15, -0.1) is 0 Å². The third-order valence-electron chi connectivity index (χ3n) is 4.38. The fraction of sp³-hybridized carbons (Fsp3) is 0.412. The quantitative estimate of drug-likeness (QED) is 0.927. The molecule has 0 bridgehead atoms. The van der Waals surface area contributed by atoms with Gasteiger partial charge in [0.2, 0.25) is 0 Å². The average molecular weight is 268 g/mol. The molecule has 0 radical (unpaired) electrons. The predicted octanol–water partition coefficient (Wildman–Crippen LogP) is 2.88. The van der Waals surface area contributed by atoms with Crippen molar-refractivity contribution in [1.29, 1.82) is 0 Å². The number of hydrogen-bond donors (Lipinski definition) is 1. The van der Waals surface area contributed by atoms with Crippen LogP contribution in [0.15, 0.2) is 36.4 Å². The maximum Gasteiger partial charge on any atom is 0.158 e. The minimum Gasteiger partial charge on any atom is -0.305 e. The monoisotopic (exact) mass is 268 g/mol. The SMILES string of the molecule is CCC1(C(=O)Cc2ccc3ccccc3n2)CCCN1. The molecule has 104 valence electrons. The van der Waals surface area contributed by atoms with Crippen LogP contribution in [0.4, 0.5) is 0 Å². The predicted molar refractivity (Wildman–Crippen MR) is 80.7 cm³/mol. The van der Waals surface area contributed by atoms with E-state index in [1.165, 1.54) is 0 Å². The fourth-order valence-electron chi connectivity index (χ4n) is 3.08. The Balaban J connectivity index is 1.83. The molecule has 1 aliphatic heterocycles. The molecule has 0 amide bonds. The first-order valence-corrected chi connectivity index (χ1v) is 7.36. The normalized spacial score (nSPS) is 22.2. The third-order valence-corrected chi connectivity index (χ3v) is 4.38. The largest absolute Gasteiger partial charge is 0.305 e. The van der Waals surface area contributed by atoms with Gasteiger partial charge in [0, 0.05) is 11.1 Å². The van der Waals surface area contributed by atoms with E-state index in [4.69, 9.17) is 0 Å². The Morgan fingerprint density at radius 2 is 2.15 bits per heavy atom. The summed E-state index contributed by atoms with van der Waals surface area (Å²) in [7, 11) is 0. The van der Waals surface area contributed by atoms with Crippen molar-refractivity contribution in [2.75, 3.05) is 6.54 Å². The third kappa shape index (κ3) is 2.34. The van der Waals surface area contributed by atoms with E-state index in [2.05, 4.69) is 17.2 Å². The molecule has 2 heterocycles. The Kier molecular flexibility index (Phi) is 3.53. The number of carbonyl (C=O) groups excluding carboxylic acids is 1. The summed E-state index contributed by atoms with van der Waals surface area (Å²) in [6.07, 6.45) is 3.33. The molecule has 20 heavy (non-hydrogen) atoms. The van der Waals surface area contributed by atoms with Gasteiger partial charge >= 0.3 is 0 Å². The first-order chi connectivity index (χ1) is 9.73. The van der Waals surface area contributed by atoms with Crippen LogP contribution in [-0.2, 0) is 11.2 Å². The van der Waals surface area contributed by atoms with Crippen molar-refractivity contribution in [3.8, 4) is 0 Å². The molecule has 1 aliphatic rings. The van der Waals surface area contributed by atoms with Crippen LogP contribution in [0.1, 0.15) is 31.9 Å². The van der Waals surface area contributed by atoms with Gasteiger partial charge in [-0.3, -0.25) is 9.78 Å². The van der Waals surface area contributed by atoms with E-state index in [0.29, 0.717) is 6.42 Å². The first-order valence-electron chi connectivity index (χ1n) is 7.36. The first kappa shape index (κ1) is 13.3. The number of fused-ring (bicyclic) bond motifs is 1. The van der Waals surface area contributed by atoms with E-state index in [1.54, 1.807) is 0 Å². The smallest absolute Gasteiger partial charge is 0.158 e. The lowest BCUT2D eigenvalue weighted by molar-refractivity contribution is -0.124. The molecule has 1 N–H and O–H groups in total. The van der Waals surface area contributed by atoms with Gasteiger partial charge in [0.1, 0.15) is 0 Å². The molecule has 1 atom stereocenters. The van der Waals surface area contributed by atoms with Crippen molar-refractivity contribution in [2.24, 2.45) is 0 Å². The van der Waals surface area contributed by atoms with Gasteiger partial charge in [0.25, 0.3) is 0 Å². The van der Waals surface area contributed by atoms with Crippen molar-refractivity contribution in [3.05, 3.63) is 42.1 Å². The number of Topliss-reactive ketones (excluding diaryl/α,β-unsaturated/α-hetero) is 1. The summed E-state index contributed by atoms with van der Waals surface area (Å²) in [5.41, 5.74) is 1.52. The van der Waals surface area contributed by atoms with Crippen LogP contribution >= 0.6 is 0 Å². The zero-order valence-corrected chi connectivity index (χ0v) is 11.9. The van der Waals surface area contributed by atoms with Crippen molar-refractivity contribution in [2.45, 2.75) is 38.1 Å². The number of nitrogens with one attached hydrogen (secondary N) is 1. The van der Waals surface area contributed by atoms with Crippen molar-refractivity contribution >= 4 is 16.7 Å². The molecule has 1 saturated heterocycles. The summed E-state index contributed by atoms with van der Waals surface area (Å²) in [5.74, 6) is 0.278. The zero-order valence-electron chi connectivity index (χ0n) is 11.9. The van der Waals surface area contributed by atoms with Gasteiger partial charge in [-0.05, 0) is 37.9 Å². The van der Waals surface area contributed by atoms with E-state index in [1.807, 2.05) is 36.4 Å². The van der Waals surface area contributed by atoms with E-state index < -0.39 is 0 Å². The number of benzene rings is 1. The highest BCUT2D eigenvalue weighted by Crippen LogP contribution is 2.25. The molecular weight excluding hydrogens is 248 g/mol. The Hall–Kier alpha value is -1.74. The Bertz CT molecular complexity index is 630. The van der Waals surface area contributed by atoms with Gasteiger partial charge in [0.05, 0.1) is 17.5 Å². The molecule has 2 aromatic rings. The van der Waals surface area contributed by atoms with Crippen molar-refractivity contribution < 1.29 is 4.79 Å². The lowest BCUT2D eigenvalue weighted by atomic mass is 9.87. The summed E-state index contributed by atoms with van der Waals surface area (Å²) in [4.78, 5) is 17.2. The summed E-state index contributed by atoms with van der Waals surface area (Å²) in [5, 5.41) is 4.52. The molecule has 1 aromatic heterocycles. The number of para-hydroxylation sites is 1. The van der Waals surface area contributed by atoms with E-state index >= 15 is 0 Å². The second-order valence-electron chi connectivity index (χ2n) is 5.56. The summed E-state index contributed by atoms with van der Waals surface area (Å²) < 4.78 is 0. The second kappa shape index (κ2) is 5.33. The second-order valence-corrected chi connectivity index (χ2v) is 5.56. The van der Waals surface area contributed by atoms with Gasteiger partial charge < -0.3 is 5.32 Å². The molecule has 0 aliphatic carbocycles. The number of carbonyl (C=O) groups is 1. The molecule has 3 heteroatoms. The zero-order chi connectivity index (χ0) is 14.0. The molecule has 3 rings (SSSR count). The number of nitrogens with zero attached hydrogens (tertiary/aromatic N) is 1. The highest BCUT2D eigenvalue weighted by Gasteiger charge is 2.38. The Labute approximate surface area is 119 Å². The molecular formula is C17H20N2O. The standard InChI is InChI=1S/C17H20N2O/c1-2-17(10-5-11-18-17)16(20)12-14-9-8-13-6-3-4-7-15(13)19-14/h3-4,6-9,18H,2,5,10-12H2,1H3. The van der Waals surface area contributed by atoms with Crippen molar-refractivity contribution in [3.63, 3.8) is 0 Å². The van der Waals surface area contributed by atoms with Crippen LogP contribution in [0, 0.1) is 0 Å². The van der Waals surface area contributed by atoms with E-state index in [9.17, 15) is 4.79 Å². The maximum absolute atomic E-state index is 12.6. The van der Waals surface area contributed by atoms with Crippen LogP contribution in [0.25, 0.3) is 10.9 Å². The molecule has 1 fully saturated rings. The Morgan fingerprint density at radius 3 is 2.90 bits per heavy atom. The van der Waals surface area contributed by atoms with Crippen LogP contribution in [0.2, 0.25) is 0 Å². The van der Waals surface area contributed by atoms with Gasteiger partial charge in [-0.2, -0.15) is 0 Å². The van der Waals surface area contributed by atoms with Crippen LogP contribution in [0.5, 0.6) is 0 Å². The highest BCUT2D eigenvalue weighted by atomic mass is 16.1. The minimum absolute atomic E-state index is 0.278. The maximum atomic E-state index is 12.6. The van der Waals surface area contributed by atoms with Crippen molar-refractivity contribution in [1.82, 2.24) is 10.3 Å². The summed E-state index contributed by atoms with van der Waals surface area (Å²) in [6.45, 7) is 3.04. The topological polar surface area (TPSA) is 42.0 Å². The molecule has 1 aromatic carbocycles. The Morgan fingerprint density at radius 1 is 1.30 bits per heavy atom. The lowest BCUT2D eigenvalue weighted by Crippen LogP contribution is -2.47. The number of ketones is 1. The van der Waals surface area contributed by atoms with Gasteiger partial charge in [-0.1, -0.05) is 31.2 Å². The number of hydrogen-bond acceptors (Lipinski definition) is 3. The lowest BCUT2D eigenvalue weighted by Gasteiger charge is -2.26. The fourth-order valence-corrected chi connectivity index (χ4v) is 3.08. The number of rotatable bonds is 4. The summed E-state index contributed by atoms with van der Waals surface area (Å²) >= 11 is 0. The van der Waals surface area contributed by atoms with Crippen LogP contribution in [-0.4, -0.2) is 22.9 Å². The molecule has 1 unspecified atom stereocenters. The minimum atomic E-state index is -0.312. The summed E-state index contributed by atoms with van der Waals surface area (Å²) in [6, 6.07) is 12.0. The van der Waals surface area contributed by atoms with E-state index in [-0.39, 0.29) is 11.3 Å². The molecule has 0 saturated carbocycles. The average Bonchev–Trinajstić information content (AvgIpc) is 2.97.